The smallest absolute Gasteiger partial charge is 0.287 e. The fourth-order valence-electron chi connectivity index (χ4n) is 6.04. The average Bonchev–Trinajstić information content (AvgIpc) is 3.24. The minimum Gasteiger partial charge on any atom is -0.474 e. The molecular weight excluding hydrogens is 782 g/mol. The number of nitrogens with zero attached hydrogens (tertiary/aromatic N) is 12. The van der Waals surface area contributed by atoms with Gasteiger partial charge >= 0.3 is 0 Å². The molecule has 322 valence electrons. The highest BCUT2D eigenvalue weighted by Crippen LogP contribution is 2.20. The molecule has 0 radical (unpaired) electrons. The van der Waals surface area contributed by atoms with Crippen LogP contribution < -0.4 is 15.0 Å². The summed E-state index contributed by atoms with van der Waals surface area (Å²) in [6, 6.07) is 12.8. The topological polar surface area (TPSA) is 258 Å². The van der Waals surface area contributed by atoms with E-state index in [1.165, 1.54) is 49.1 Å². The number of likely N-dealkylation sites (N-methyl/N-ethyl adjacent to an activating group) is 1. The first kappa shape index (κ1) is 46.2. The first-order valence-electron chi connectivity index (χ1n) is 19.3. The molecule has 1 N–H and O–H groups in total. The van der Waals surface area contributed by atoms with Crippen molar-refractivity contribution in [1.29, 1.82) is 0 Å². The minimum absolute atomic E-state index is 0.0132. The molecule has 7 heterocycles. The van der Waals surface area contributed by atoms with E-state index in [4.69, 9.17) is 4.74 Å². The maximum absolute atomic E-state index is 10.5. The van der Waals surface area contributed by atoms with Gasteiger partial charge < -0.3 is 29.7 Å². The molecule has 0 aliphatic carbocycles. The second-order valence-corrected chi connectivity index (χ2v) is 14.4. The molecule has 0 saturated carbocycles. The van der Waals surface area contributed by atoms with E-state index < -0.39 is 19.7 Å². The molecule has 4 aromatic rings. The predicted octanol–water partition coefficient (Wildman–Crippen LogP) is 5.00. The third-order valence-electron chi connectivity index (χ3n) is 9.79. The number of hydrogen-bond donors (Lipinski definition) is 1. The minimum atomic E-state index is -0.466. The van der Waals surface area contributed by atoms with Crippen molar-refractivity contribution in [1.82, 2.24) is 34.6 Å². The first-order valence-corrected chi connectivity index (χ1v) is 19.3. The van der Waals surface area contributed by atoms with E-state index in [2.05, 4.69) is 66.0 Å². The summed E-state index contributed by atoms with van der Waals surface area (Å²) >= 11 is 0. The maximum atomic E-state index is 10.5. The zero-order chi connectivity index (χ0) is 43.6. The van der Waals surface area contributed by atoms with Gasteiger partial charge in [0, 0.05) is 81.3 Å². The lowest BCUT2D eigenvalue weighted by molar-refractivity contribution is -0.385. The molecule has 3 fully saturated rings. The van der Waals surface area contributed by atoms with Gasteiger partial charge in [0.05, 0.1) is 19.7 Å². The van der Waals surface area contributed by atoms with E-state index in [9.17, 15) is 40.5 Å². The van der Waals surface area contributed by atoms with Gasteiger partial charge in [-0.2, -0.15) is 0 Å². The van der Waals surface area contributed by atoms with Crippen LogP contribution in [0.5, 0.6) is 5.88 Å². The largest absolute Gasteiger partial charge is 0.474 e. The normalized spacial score (nSPS) is 16.4. The number of anilines is 2. The van der Waals surface area contributed by atoms with Gasteiger partial charge in [-0.3, -0.25) is 45.4 Å². The van der Waals surface area contributed by atoms with Crippen LogP contribution in [0.2, 0.25) is 0 Å². The molecule has 0 unspecified atom stereocenters. The Morgan fingerprint density at radius 3 is 1.43 bits per heavy atom. The van der Waals surface area contributed by atoms with E-state index in [-0.39, 0.29) is 28.9 Å². The summed E-state index contributed by atoms with van der Waals surface area (Å²) in [6.07, 6.45) is 9.33. The highest BCUT2D eigenvalue weighted by molar-refractivity contribution is 5.43. The second kappa shape index (κ2) is 23.2. The monoisotopic (exact) mass is 833 g/mol. The van der Waals surface area contributed by atoms with Gasteiger partial charge in [-0.25, -0.2) is 15.0 Å². The van der Waals surface area contributed by atoms with Crippen LogP contribution in [0.25, 0.3) is 0 Å². The van der Waals surface area contributed by atoms with Gasteiger partial charge in [0.25, 0.3) is 22.7 Å². The number of rotatable bonds is 9. The van der Waals surface area contributed by atoms with Crippen LogP contribution in [0.4, 0.5) is 34.4 Å². The van der Waals surface area contributed by atoms with E-state index >= 15 is 0 Å². The Morgan fingerprint density at radius 2 is 1.00 bits per heavy atom. The third kappa shape index (κ3) is 15.7. The number of aryl methyl sites for hydroxylation is 1. The van der Waals surface area contributed by atoms with Gasteiger partial charge in [-0.1, -0.05) is 0 Å². The van der Waals surface area contributed by atoms with Crippen molar-refractivity contribution in [3.63, 3.8) is 0 Å². The number of piperazine rings is 1. The highest BCUT2D eigenvalue weighted by Gasteiger charge is 2.20. The maximum Gasteiger partial charge on any atom is 0.287 e. The Hall–Kier alpha value is -6.52. The average molecular weight is 834 g/mol. The molecule has 0 spiro atoms. The standard InChI is InChI=1S/C11H16N4O2.C11H15N3O3.C10H14N4O2.C6H6N2O2/c1-14-6-4-9(5-7-14)13-11-3-2-10(8-12-11)15(16)17;1-13-6-4-10(5-7-13)17-11-3-2-9(8-12-11)14(15)16;1-12-4-6-13(7-5-12)10-3-2-9(8-11-10)14(15)16;1-5-2-3-6(4-7-5)8(9)10/h2-3,8-9H,4-7H2,1H3,(H,12,13);2-3,8,10H,4-7H2,1H3;2-3,8H,4-7H2,1H3;2-4H,1H3. The zero-order valence-electron chi connectivity index (χ0n) is 34.1. The van der Waals surface area contributed by atoms with Crippen molar-refractivity contribution in [3.05, 3.63) is 119 Å². The molecule has 0 aromatic carbocycles. The predicted molar refractivity (Wildman–Crippen MR) is 223 cm³/mol. The second-order valence-electron chi connectivity index (χ2n) is 14.4. The SMILES string of the molecule is CN1CCC(Nc2ccc([N+](=O)[O-])cn2)CC1.CN1CCC(Oc2ccc([N+](=O)[O-])cn2)CC1.CN1CCN(c2ccc([N+](=O)[O-])cn2)CC1.Cc1ccc([N+](=O)[O-])cn1. The molecule has 3 aliphatic heterocycles. The first-order chi connectivity index (χ1) is 28.7. The number of ether oxygens (including phenoxy) is 1. The summed E-state index contributed by atoms with van der Waals surface area (Å²) in [5, 5.41) is 44.8. The lowest BCUT2D eigenvalue weighted by Crippen LogP contribution is -2.44. The highest BCUT2D eigenvalue weighted by atomic mass is 16.6. The van der Waals surface area contributed by atoms with Crippen molar-refractivity contribution in [2.45, 2.75) is 44.8 Å². The quantitative estimate of drug-likeness (QED) is 0.172. The van der Waals surface area contributed by atoms with Crippen molar-refractivity contribution < 1.29 is 24.4 Å². The van der Waals surface area contributed by atoms with Crippen LogP contribution in [0.1, 0.15) is 31.4 Å². The van der Waals surface area contributed by atoms with E-state index in [0.29, 0.717) is 17.7 Å². The Bertz CT molecular complexity index is 1880. The van der Waals surface area contributed by atoms with Crippen LogP contribution in [-0.2, 0) is 0 Å². The molecule has 3 aliphatic rings. The molecule has 3 saturated heterocycles. The lowest BCUT2D eigenvalue weighted by atomic mass is 10.1. The van der Waals surface area contributed by atoms with Crippen molar-refractivity contribution in [2.24, 2.45) is 0 Å². The summed E-state index contributed by atoms with van der Waals surface area (Å²) in [5.74, 6) is 1.99. The lowest BCUT2D eigenvalue weighted by Gasteiger charge is -2.33. The van der Waals surface area contributed by atoms with Gasteiger partial charge in [0.2, 0.25) is 5.88 Å². The molecule has 22 nitrogen and oxygen atoms in total. The van der Waals surface area contributed by atoms with E-state index in [0.717, 1.165) is 89.6 Å². The van der Waals surface area contributed by atoms with Crippen LogP contribution in [-0.4, -0.2) is 140 Å². The molecule has 4 aromatic heterocycles. The fraction of sp³-hybridized carbons (Fsp3) is 0.474. The van der Waals surface area contributed by atoms with Crippen LogP contribution >= 0.6 is 0 Å². The Kier molecular flexibility index (Phi) is 17.8. The molecular formula is C38H51N13O9. The van der Waals surface area contributed by atoms with Crippen LogP contribution in [0.3, 0.4) is 0 Å². The van der Waals surface area contributed by atoms with Crippen LogP contribution in [0.15, 0.2) is 73.3 Å². The van der Waals surface area contributed by atoms with Crippen molar-refractivity contribution >= 4 is 34.4 Å². The Morgan fingerprint density at radius 1 is 0.550 bits per heavy atom. The van der Waals surface area contributed by atoms with E-state index in [1.54, 1.807) is 31.2 Å². The van der Waals surface area contributed by atoms with Gasteiger partial charge in [0.1, 0.15) is 42.5 Å². The number of aromatic nitrogens is 4. The number of pyridine rings is 4. The van der Waals surface area contributed by atoms with Gasteiger partial charge in [0.15, 0.2) is 0 Å². The van der Waals surface area contributed by atoms with Crippen molar-refractivity contribution in [3.8, 4) is 5.88 Å². The Balaban J connectivity index is 0.000000179. The molecule has 7 rings (SSSR count). The van der Waals surface area contributed by atoms with Crippen LogP contribution in [0, 0.1) is 47.4 Å². The van der Waals surface area contributed by atoms with Gasteiger partial charge in [-0.05, 0) is 85.0 Å². The summed E-state index contributed by atoms with van der Waals surface area (Å²) < 4.78 is 5.68. The number of hydrogen-bond acceptors (Lipinski definition) is 18. The number of piperidine rings is 2. The number of nitro groups is 4. The summed E-state index contributed by atoms with van der Waals surface area (Å²) in [4.78, 5) is 64.5. The molecule has 60 heavy (non-hydrogen) atoms. The van der Waals surface area contributed by atoms with Gasteiger partial charge in [-0.15, -0.1) is 0 Å². The fourth-order valence-corrected chi connectivity index (χ4v) is 6.04. The summed E-state index contributed by atoms with van der Waals surface area (Å²) in [7, 11) is 6.28. The zero-order valence-corrected chi connectivity index (χ0v) is 34.1. The number of likely N-dealkylation sites (tertiary alicyclic amines) is 2. The van der Waals surface area contributed by atoms with Crippen molar-refractivity contribution in [2.75, 3.05) is 83.7 Å². The summed E-state index contributed by atoms with van der Waals surface area (Å²) in [6.45, 7) is 9.79. The third-order valence-corrected chi connectivity index (χ3v) is 9.79. The molecule has 0 atom stereocenters. The van der Waals surface area contributed by atoms with E-state index in [1.807, 2.05) is 0 Å². The molecule has 0 amide bonds. The summed E-state index contributed by atoms with van der Waals surface area (Å²) in [5.41, 5.74) is 0.869. The molecule has 0 bridgehead atoms. The Labute approximate surface area is 346 Å². The number of nitrogens with one attached hydrogen (secondary N) is 1. The molecule has 22 heteroatoms.